The predicted octanol–water partition coefficient (Wildman–Crippen LogP) is 3.36. The van der Waals surface area contributed by atoms with Crippen LogP contribution in [-0.4, -0.2) is 22.6 Å². The number of nitrogens with zero attached hydrogens (tertiary/aromatic N) is 2. The topological polar surface area (TPSA) is 64.1 Å². The van der Waals surface area contributed by atoms with E-state index in [2.05, 4.69) is 20.0 Å². The first-order valence-electron chi connectivity index (χ1n) is 6.27. The van der Waals surface area contributed by atoms with Crippen LogP contribution in [0.1, 0.15) is 28.9 Å². The molecule has 1 atom stereocenters. The second-order valence-corrected chi connectivity index (χ2v) is 4.44. The molecule has 116 valence electrons. The Hall–Kier alpha value is -2.64. The summed E-state index contributed by atoms with van der Waals surface area (Å²) in [5.41, 5.74) is 0.906. The van der Waals surface area contributed by atoms with Crippen LogP contribution in [0.3, 0.4) is 0 Å². The number of anilines is 1. The van der Waals surface area contributed by atoms with Gasteiger partial charge in [-0.3, -0.25) is 4.79 Å². The van der Waals surface area contributed by atoms with Crippen LogP contribution >= 0.6 is 0 Å². The fourth-order valence-corrected chi connectivity index (χ4v) is 1.73. The zero-order valence-corrected chi connectivity index (χ0v) is 11.5. The average molecular weight is 311 g/mol. The predicted molar refractivity (Wildman–Crippen MR) is 72.6 cm³/mol. The first kappa shape index (κ1) is 15.7. The molecule has 1 aromatic carbocycles. The van der Waals surface area contributed by atoms with Crippen LogP contribution in [0.25, 0.3) is 0 Å². The lowest BCUT2D eigenvalue weighted by Gasteiger charge is -2.16. The first-order chi connectivity index (χ1) is 10.4. The highest BCUT2D eigenvalue weighted by atomic mass is 19.4. The minimum Gasteiger partial charge on any atom is -0.406 e. The highest BCUT2D eigenvalue weighted by Gasteiger charge is 2.31. The van der Waals surface area contributed by atoms with Gasteiger partial charge in [0.15, 0.2) is 6.29 Å². The first-order valence-corrected chi connectivity index (χ1v) is 6.27. The quantitative estimate of drug-likeness (QED) is 0.858. The van der Waals surface area contributed by atoms with Gasteiger partial charge in [0, 0.05) is 12.4 Å². The fourth-order valence-electron chi connectivity index (χ4n) is 1.73. The highest BCUT2D eigenvalue weighted by Crippen LogP contribution is 2.26. The third-order valence-corrected chi connectivity index (χ3v) is 2.75. The maximum Gasteiger partial charge on any atom is 0.573 e. The van der Waals surface area contributed by atoms with Gasteiger partial charge in [-0.1, -0.05) is 12.1 Å². The van der Waals surface area contributed by atoms with Crippen LogP contribution < -0.4 is 10.1 Å². The van der Waals surface area contributed by atoms with Crippen LogP contribution in [0.4, 0.5) is 19.1 Å². The van der Waals surface area contributed by atoms with Gasteiger partial charge in [-0.15, -0.1) is 13.2 Å². The van der Waals surface area contributed by atoms with Crippen molar-refractivity contribution in [1.82, 2.24) is 9.97 Å². The van der Waals surface area contributed by atoms with E-state index in [4.69, 9.17) is 0 Å². The number of aromatic nitrogens is 2. The van der Waals surface area contributed by atoms with Gasteiger partial charge in [0.05, 0.1) is 11.6 Å². The molecular formula is C14H12F3N3O2. The lowest BCUT2D eigenvalue weighted by Crippen LogP contribution is -2.17. The number of carbonyl (C=O) groups excluding carboxylic acids is 1. The molecule has 2 aromatic rings. The summed E-state index contributed by atoms with van der Waals surface area (Å²) in [5.74, 6) is -0.0314. The summed E-state index contributed by atoms with van der Waals surface area (Å²) in [6, 6.07) is 5.27. The van der Waals surface area contributed by atoms with Gasteiger partial charge in [0.1, 0.15) is 5.75 Å². The molecule has 2 rings (SSSR count). The van der Waals surface area contributed by atoms with Crippen LogP contribution in [-0.2, 0) is 0 Å². The molecule has 0 aliphatic rings. The molecule has 22 heavy (non-hydrogen) atoms. The van der Waals surface area contributed by atoms with Crippen molar-refractivity contribution in [2.45, 2.75) is 19.3 Å². The lowest BCUT2D eigenvalue weighted by atomic mass is 10.1. The van der Waals surface area contributed by atoms with Crippen molar-refractivity contribution in [2.24, 2.45) is 0 Å². The zero-order chi connectivity index (χ0) is 16.2. The number of halogens is 3. The van der Waals surface area contributed by atoms with Crippen molar-refractivity contribution in [2.75, 3.05) is 5.32 Å². The summed E-state index contributed by atoms with van der Waals surface area (Å²) in [6.45, 7) is 1.74. The molecule has 0 fully saturated rings. The van der Waals surface area contributed by atoms with E-state index in [1.807, 2.05) is 0 Å². The molecule has 1 heterocycles. The van der Waals surface area contributed by atoms with E-state index in [1.54, 1.807) is 13.0 Å². The Labute approximate surface area is 124 Å². The Morgan fingerprint density at radius 1 is 1.27 bits per heavy atom. The molecule has 8 heteroatoms. The largest absolute Gasteiger partial charge is 0.573 e. The average Bonchev–Trinajstić information content (AvgIpc) is 2.46. The molecule has 0 aliphatic heterocycles. The minimum absolute atomic E-state index is 0.264. The Morgan fingerprint density at radius 2 is 1.95 bits per heavy atom. The second-order valence-electron chi connectivity index (χ2n) is 4.44. The van der Waals surface area contributed by atoms with E-state index in [9.17, 15) is 18.0 Å². The summed E-state index contributed by atoms with van der Waals surface area (Å²) in [5, 5.41) is 2.92. The molecule has 1 N–H and O–H groups in total. The molecule has 1 unspecified atom stereocenters. The Bertz CT molecular complexity index is 645. The van der Waals surface area contributed by atoms with Gasteiger partial charge >= 0.3 is 6.36 Å². The Balaban J connectivity index is 2.09. The number of aldehydes is 1. The van der Waals surface area contributed by atoms with Crippen LogP contribution in [0, 0.1) is 0 Å². The standard InChI is InChI=1S/C14H12F3N3O2/c1-9(20-13-18-6-10(8-21)7-19-13)11-3-2-4-12(5-11)22-14(15,16)17/h2-9H,1H3,(H,18,19,20). The number of rotatable bonds is 5. The number of ether oxygens (including phenoxy) is 1. The van der Waals surface area contributed by atoms with E-state index < -0.39 is 6.36 Å². The number of carbonyl (C=O) groups is 1. The molecule has 0 amide bonds. The molecule has 0 bridgehead atoms. The lowest BCUT2D eigenvalue weighted by molar-refractivity contribution is -0.274. The summed E-state index contributed by atoms with van der Waals surface area (Å²) >= 11 is 0. The van der Waals surface area contributed by atoms with Gasteiger partial charge < -0.3 is 10.1 Å². The van der Waals surface area contributed by atoms with Gasteiger partial charge in [-0.2, -0.15) is 0 Å². The van der Waals surface area contributed by atoms with E-state index in [1.165, 1.54) is 30.6 Å². The molecule has 0 saturated heterocycles. The normalized spacial score (nSPS) is 12.5. The number of benzene rings is 1. The van der Waals surface area contributed by atoms with Crippen LogP contribution in [0.2, 0.25) is 0 Å². The van der Waals surface area contributed by atoms with Crippen molar-refractivity contribution in [3.63, 3.8) is 0 Å². The maximum absolute atomic E-state index is 12.2. The molecule has 0 saturated carbocycles. The van der Waals surface area contributed by atoms with Crippen molar-refractivity contribution < 1.29 is 22.7 Å². The minimum atomic E-state index is -4.73. The number of hydrogen-bond acceptors (Lipinski definition) is 5. The molecular weight excluding hydrogens is 299 g/mol. The summed E-state index contributed by atoms with van der Waals surface area (Å²) < 4.78 is 40.5. The van der Waals surface area contributed by atoms with Crippen molar-refractivity contribution in [3.05, 3.63) is 47.8 Å². The number of nitrogens with one attached hydrogen (secondary N) is 1. The number of alkyl halides is 3. The van der Waals surface area contributed by atoms with E-state index >= 15 is 0 Å². The monoisotopic (exact) mass is 311 g/mol. The van der Waals surface area contributed by atoms with E-state index in [0.29, 0.717) is 17.4 Å². The van der Waals surface area contributed by atoms with Gasteiger partial charge in [-0.25, -0.2) is 9.97 Å². The van der Waals surface area contributed by atoms with Crippen molar-refractivity contribution >= 4 is 12.2 Å². The summed E-state index contributed by atoms with van der Waals surface area (Å²) in [6.07, 6.45) is -1.43. The van der Waals surface area contributed by atoms with Crippen LogP contribution in [0.15, 0.2) is 36.7 Å². The molecule has 5 nitrogen and oxygen atoms in total. The van der Waals surface area contributed by atoms with Crippen molar-refractivity contribution in [1.29, 1.82) is 0 Å². The highest BCUT2D eigenvalue weighted by molar-refractivity contribution is 5.73. The smallest absolute Gasteiger partial charge is 0.406 e. The summed E-state index contributed by atoms with van der Waals surface area (Å²) in [4.78, 5) is 18.4. The molecule has 1 aromatic heterocycles. The van der Waals surface area contributed by atoms with Gasteiger partial charge in [0.25, 0.3) is 0 Å². The zero-order valence-electron chi connectivity index (χ0n) is 11.5. The fraction of sp³-hybridized carbons (Fsp3) is 0.214. The third-order valence-electron chi connectivity index (χ3n) is 2.75. The van der Waals surface area contributed by atoms with Crippen LogP contribution in [0.5, 0.6) is 5.75 Å². The Kier molecular flexibility index (Phi) is 4.59. The van der Waals surface area contributed by atoms with E-state index in [0.717, 1.165) is 0 Å². The number of hydrogen-bond donors (Lipinski definition) is 1. The summed E-state index contributed by atoms with van der Waals surface area (Å²) in [7, 11) is 0. The van der Waals surface area contributed by atoms with Gasteiger partial charge in [0.2, 0.25) is 5.95 Å². The second kappa shape index (κ2) is 6.42. The molecule has 0 aliphatic carbocycles. The maximum atomic E-state index is 12.2. The third kappa shape index (κ3) is 4.44. The van der Waals surface area contributed by atoms with Crippen molar-refractivity contribution in [3.8, 4) is 5.75 Å². The Morgan fingerprint density at radius 3 is 2.55 bits per heavy atom. The SMILES string of the molecule is CC(Nc1ncc(C=O)cn1)c1cccc(OC(F)(F)F)c1. The molecule has 0 radical (unpaired) electrons. The van der Waals surface area contributed by atoms with Gasteiger partial charge in [-0.05, 0) is 24.6 Å². The van der Waals surface area contributed by atoms with E-state index in [-0.39, 0.29) is 17.7 Å². The molecule has 0 spiro atoms.